The average Bonchev–Trinajstić information content (AvgIpc) is 3.60. The molecule has 0 aromatic heterocycles. The fourth-order valence-electron chi connectivity index (χ4n) is 5.54. The fourth-order valence-corrected chi connectivity index (χ4v) is 5.54. The summed E-state index contributed by atoms with van der Waals surface area (Å²) in [5.74, 6) is -1.65. The predicted octanol–water partition coefficient (Wildman–Crippen LogP) is 3.06. The van der Waals surface area contributed by atoms with Crippen molar-refractivity contribution in [1.29, 1.82) is 0 Å². The number of hydrogen-bond donors (Lipinski definition) is 0. The first-order valence-electron chi connectivity index (χ1n) is 12.4. The van der Waals surface area contributed by atoms with Crippen molar-refractivity contribution in [3.8, 4) is 12.3 Å². The molecule has 0 radical (unpaired) electrons. The van der Waals surface area contributed by atoms with E-state index >= 15 is 0 Å². The van der Waals surface area contributed by atoms with Crippen LogP contribution in [-0.2, 0) is 34.2 Å². The maximum Gasteiger partial charge on any atom is 0.225 e. The zero-order valence-electron chi connectivity index (χ0n) is 20.6. The molecule has 2 aliphatic carbocycles. The number of benzene rings is 1. The molecule has 2 fully saturated rings. The molecule has 0 amide bonds. The van der Waals surface area contributed by atoms with Gasteiger partial charge in [0.25, 0.3) is 0 Å². The summed E-state index contributed by atoms with van der Waals surface area (Å²) < 4.78 is 0. The van der Waals surface area contributed by atoms with Gasteiger partial charge in [-0.25, -0.2) is 0 Å². The lowest BCUT2D eigenvalue weighted by Crippen LogP contribution is -2.50. The second-order valence-electron chi connectivity index (χ2n) is 9.65. The van der Waals surface area contributed by atoms with Gasteiger partial charge in [-0.05, 0) is 37.5 Å². The molecule has 3 atom stereocenters. The molecule has 1 aromatic carbocycles. The minimum atomic E-state index is -1.81. The summed E-state index contributed by atoms with van der Waals surface area (Å²) >= 11 is 0. The molecular formula is C29H31NO6. The summed E-state index contributed by atoms with van der Waals surface area (Å²) in [7, 11) is 0. The zero-order chi connectivity index (χ0) is 26.5. The minimum Gasteiger partial charge on any atom is -0.299 e. The van der Waals surface area contributed by atoms with Gasteiger partial charge in [0.05, 0.1) is 17.9 Å². The Kier molecular flexibility index (Phi) is 8.29. The van der Waals surface area contributed by atoms with E-state index in [1.807, 2.05) is 0 Å². The summed E-state index contributed by atoms with van der Waals surface area (Å²) in [4.78, 5) is 80.5. The van der Waals surface area contributed by atoms with Crippen LogP contribution in [0.2, 0.25) is 0 Å². The van der Waals surface area contributed by atoms with Crippen LogP contribution >= 0.6 is 0 Å². The van der Waals surface area contributed by atoms with Crippen LogP contribution in [-0.4, -0.2) is 48.0 Å². The highest BCUT2D eigenvalue weighted by molar-refractivity contribution is 6.23. The van der Waals surface area contributed by atoms with Crippen LogP contribution in [0.15, 0.2) is 35.3 Å². The monoisotopic (exact) mass is 489 g/mol. The number of hydrogen-bond acceptors (Lipinski definition) is 7. The van der Waals surface area contributed by atoms with Gasteiger partial charge in [-0.3, -0.25) is 33.8 Å². The Balaban J connectivity index is 1.73. The molecule has 36 heavy (non-hydrogen) atoms. The van der Waals surface area contributed by atoms with Gasteiger partial charge in [0.2, 0.25) is 5.78 Å². The Labute approximate surface area is 211 Å². The number of nitrogens with zero attached hydrogens (tertiary/aromatic N) is 1. The molecule has 1 spiro atoms. The number of unbranched alkanes of at least 4 members (excludes halogenated alkanes) is 1. The van der Waals surface area contributed by atoms with Gasteiger partial charge in [0, 0.05) is 31.6 Å². The molecule has 0 aliphatic heterocycles. The number of rotatable bonds is 14. The van der Waals surface area contributed by atoms with E-state index in [0.29, 0.717) is 24.8 Å². The highest BCUT2D eigenvalue weighted by atomic mass is 16.2. The van der Waals surface area contributed by atoms with E-state index < -0.39 is 34.2 Å². The number of ketones is 6. The smallest absolute Gasteiger partial charge is 0.225 e. The van der Waals surface area contributed by atoms with Crippen LogP contribution in [0, 0.1) is 29.6 Å². The molecule has 0 bridgehead atoms. The topological polar surface area (TPSA) is 115 Å². The Hall–Kier alpha value is -3.53. The first kappa shape index (κ1) is 27.1. The maximum atomic E-state index is 13.9. The van der Waals surface area contributed by atoms with E-state index in [1.54, 1.807) is 37.3 Å². The maximum absolute atomic E-state index is 13.9. The molecule has 0 heterocycles. The van der Waals surface area contributed by atoms with E-state index in [-0.39, 0.29) is 61.8 Å². The van der Waals surface area contributed by atoms with Gasteiger partial charge in [0.15, 0.2) is 5.78 Å². The van der Waals surface area contributed by atoms with Crippen LogP contribution < -0.4 is 0 Å². The molecule has 7 heteroatoms. The van der Waals surface area contributed by atoms with Crippen molar-refractivity contribution in [3.63, 3.8) is 0 Å². The van der Waals surface area contributed by atoms with Crippen molar-refractivity contribution < 1.29 is 28.8 Å². The molecular weight excluding hydrogens is 458 g/mol. The van der Waals surface area contributed by atoms with Crippen LogP contribution in [0.25, 0.3) is 0 Å². The first-order valence-corrected chi connectivity index (χ1v) is 12.4. The van der Waals surface area contributed by atoms with E-state index in [0.717, 1.165) is 0 Å². The Morgan fingerprint density at radius 3 is 2.33 bits per heavy atom. The predicted molar refractivity (Wildman–Crippen MR) is 133 cm³/mol. The summed E-state index contributed by atoms with van der Waals surface area (Å²) in [6.07, 6.45) is 7.37. The largest absolute Gasteiger partial charge is 0.299 e. The van der Waals surface area contributed by atoms with Crippen molar-refractivity contribution in [1.82, 2.24) is 0 Å². The van der Waals surface area contributed by atoms with Crippen molar-refractivity contribution in [3.05, 3.63) is 35.9 Å². The van der Waals surface area contributed by atoms with Crippen LogP contribution in [0.1, 0.15) is 63.9 Å². The molecule has 188 valence electrons. The van der Waals surface area contributed by atoms with E-state index in [9.17, 15) is 28.8 Å². The Morgan fingerprint density at radius 2 is 1.78 bits per heavy atom. The molecule has 2 saturated carbocycles. The van der Waals surface area contributed by atoms with Crippen LogP contribution in [0.4, 0.5) is 0 Å². The normalized spacial score (nSPS) is 20.3. The molecule has 0 N–H and O–H groups in total. The summed E-state index contributed by atoms with van der Waals surface area (Å²) in [5, 5.41) is 0. The van der Waals surface area contributed by atoms with Crippen molar-refractivity contribution >= 4 is 41.4 Å². The lowest BCUT2D eigenvalue weighted by molar-refractivity contribution is -0.139. The lowest BCUT2D eigenvalue weighted by atomic mass is 9.67. The Bertz CT molecular complexity index is 1130. The summed E-state index contributed by atoms with van der Waals surface area (Å²) in [6.45, 7) is 4.82. The molecule has 3 rings (SSSR count). The highest BCUT2D eigenvalue weighted by Crippen LogP contribution is 2.59. The number of terminal acetylenes is 1. The third kappa shape index (κ3) is 4.65. The van der Waals surface area contributed by atoms with Gasteiger partial charge in [-0.2, -0.15) is 0 Å². The first-order chi connectivity index (χ1) is 17.2. The summed E-state index contributed by atoms with van der Waals surface area (Å²) in [6, 6.07) is 8.32. The van der Waals surface area contributed by atoms with Crippen LogP contribution in [0.5, 0.6) is 0 Å². The third-order valence-corrected chi connectivity index (χ3v) is 7.70. The number of carbonyl (C=O) groups is 6. The quantitative estimate of drug-likeness (QED) is 0.130. The SMILES string of the molecule is C#CC(=O)C(CN=C)(C(=O)C(CCCCC(=O)C1CC12C(=O)CCC2=O)C(=O)CC)c1ccccc1. The van der Waals surface area contributed by atoms with Crippen LogP contribution in [0.3, 0.4) is 0 Å². The highest BCUT2D eigenvalue weighted by Gasteiger charge is 2.68. The van der Waals surface area contributed by atoms with Gasteiger partial charge < -0.3 is 0 Å². The number of aliphatic imine (C=N–C) groups is 1. The van der Waals surface area contributed by atoms with Gasteiger partial charge >= 0.3 is 0 Å². The second kappa shape index (κ2) is 11.0. The molecule has 1 aromatic rings. The van der Waals surface area contributed by atoms with Gasteiger partial charge in [-0.15, -0.1) is 6.42 Å². The standard InChI is InChI=1S/C29H31NO6/c1-4-22(31)20(13-9-10-14-23(32)21-17-28(21)25(34)15-16-26(28)35)27(36)29(18-30-3,24(33)5-2)19-11-7-6-8-12-19/h2,6-8,11-12,20-21H,3-4,9-10,13-18H2,1H3. The zero-order valence-corrected chi connectivity index (χ0v) is 20.6. The van der Waals surface area contributed by atoms with E-state index in [2.05, 4.69) is 17.6 Å². The minimum absolute atomic E-state index is 0.0980. The van der Waals surface area contributed by atoms with E-state index in [4.69, 9.17) is 6.42 Å². The molecule has 3 unspecified atom stereocenters. The average molecular weight is 490 g/mol. The van der Waals surface area contributed by atoms with Crippen molar-refractivity contribution in [2.75, 3.05) is 6.54 Å². The molecule has 0 saturated heterocycles. The van der Waals surface area contributed by atoms with Crippen molar-refractivity contribution in [2.24, 2.45) is 22.2 Å². The van der Waals surface area contributed by atoms with Gasteiger partial charge in [0.1, 0.15) is 28.5 Å². The van der Waals surface area contributed by atoms with Crippen molar-refractivity contribution in [2.45, 2.75) is 63.7 Å². The van der Waals surface area contributed by atoms with E-state index in [1.165, 1.54) is 0 Å². The second-order valence-corrected chi connectivity index (χ2v) is 9.65. The number of carbonyl (C=O) groups excluding carboxylic acids is 6. The Morgan fingerprint density at radius 1 is 1.14 bits per heavy atom. The molecule has 7 nitrogen and oxygen atoms in total. The lowest BCUT2D eigenvalue weighted by Gasteiger charge is -2.31. The summed E-state index contributed by atoms with van der Waals surface area (Å²) in [5.41, 5.74) is -2.53. The number of Topliss-reactive ketones (excluding diaryl/α,β-unsaturated/α-hetero) is 6. The fraction of sp³-hybridized carbons (Fsp3) is 0.483. The molecule has 2 aliphatic rings. The third-order valence-electron chi connectivity index (χ3n) is 7.70. The van der Waals surface area contributed by atoms with Gasteiger partial charge in [-0.1, -0.05) is 43.7 Å².